The maximum absolute atomic E-state index is 10.7. The highest BCUT2D eigenvalue weighted by molar-refractivity contribution is 5.86. The quantitative estimate of drug-likeness (QED) is 0.840. The van der Waals surface area contributed by atoms with Crippen LogP contribution in [0.3, 0.4) is 0 Å². The van der Waals surface area contributed by atoms with E-state index in [2.05, 4.69) is 29.6 Å². The van der Waals surface area contributed by atoms with Crippen molar-refractivity contribution in [1.82, 2.24) is 5.32 Å². The molecule has 1 radical (unpaired) electrons. The number of rotatable bonds is 4. The molecule has 2 aromatic carbocycles. The molecule has 2 rings (SSSR count). The van der Waals surface area contributed by atoms with Gasteiger partial charge in [0.05, 0.1) is 6.04 Å². The smallest absolute Gasteiger partial charge is 0.217 e. The van der Waals surface area contributed by atoms with Crippen LogP contribution in [0, 0.1) is 0 Å². The van der Waals surface area contributed by atoms with Crippen LogP contribution < -0.4 is 5.32 Å². The molecule has 16 heavy (non-hydrogen) atoms. The summed E-state index contributed by atoms with van der Waals surface area (Å²) in [6.07, 6.45) is 2.69. The first-order valence-electron chi connectivity index (χ1n) is 5.36. The van der Waals surface area contributed by atoms with Crippen molar-refractivity contribution in [3.63, 3.8) is 0 Å². The Labute approximate surface area is 95.3 Å². The van der Waals surface area contributed by atoms with E-state index in [0.717, 1.165) is 0 Å². The number of hydrogen-bond donors (Lipinski definition) is 1. The van der Waals surface area contributed by atoms with Gasteiger partial charge in [0.15, 0.2) is 0 Å². The lowest BCUT2D eigenvalue weighted by atomic mass is 9.99. The lowest BCUT2D eigenvalue weighted by Gasteiger charge is -2.10. The molecule has 0 unspecified atom stereocenters. The van der Waals surface area contributed by atoms with E-state index in [-0.39, 0.29) is 6.04 Å². The second-order valence-corrected chi connectivity index (χ2v) is 3.80. The molecule has 2 aromatic rings. The topological polar surface area (TPSA) is 29.1 Å². The third kappa shape index (κ3) is 2.12. The van der Waals surface area contributed by atoms with Crippen LogP contribution >= 0.6 is 0 Å². The van der Waals surface area contributed by atoms with Crippen LogP contribution in [0.15, 0.2) is 42.5 Å². The summed E-state index contributed by atoms with van der Waals surface area (Å²) in [5, 5.41) is 5.36. The largest absolute Gasteiger partial charge is 0.310 e. The molecule has 0 amide bonds. The van der Waals surface area contributed by atoms with Gasteiger partial charge in [-0.05, 0) is 29.8 Å². The van der Waals surface area contributed by atoms with Crippen LogP contribution in [0.2, 0.25) is 0 Å². The normalized spacial score (nSPS) is 12.6. The van der Waals surface area contributed by atoms with E-state index in [1.54, 1.807) is 7.05 Å². The van der Waals surface area contributed by atoms with Crippen LogP contribution in [0.4, 0.5) is 0 Å². The maximum atomic E-state index is 10.7. The van der Waals surface area contributed by atoms with Crippen LogP contribution in [-0.2, 0) is 11.2 Å². The number of likely N-dealkylation sites (N-methyl/N-ethyl adjacent to an activating group) is 1. The molecular weight excluding hydrogens is 198 g/mol. The first-order chi connectivity index (χ1) is 7.85. The molecule has 0 fully saturated rings. The van der Waals surface area contributed by atoms with Gasteiger partial charge in [-0.1, -0.05) is 42.5 Å². The highest BCUT2D eigenvalue weighted by Gasteiger charge is 2.08. The summed E-state index contributed by atoms with van der Waals surface area (Å²) in [6, 6.07) is 14.1. The summed E-state index contributed by atoms with van der Waals surface area (Å²) in [4.78, 5) is 10.7. The van der Waals surface area contributed by atoms with Crippen molar-refractivity contribution in [2.24, 2.45) is 0 Å². The fourth-order valence-corrected chi connectivity index (χ4v) is 1.89. The Bertz CT molecular complexity index is 488. The van der Waals surface area contributed by atoms with Crippen molar-refractivity contribution in [2.75, 3.05) is 7.05 Å². The van der Waals surface area contributed by atoms with Crippen LogP contribution in [0.1, 0.15) is 5.56 Å². The average Bonchev–Trinajstić information content (AvgIpc) is 2.36. The van der Waals surface area contributed by atoms with Crippen LogP contribution in [0.25, 0.3) is 10.8 Å². The van der Waals surface area contributed by atoms with Gasteiger partial charge in [0.2, 0.25) is 6.29 Å². The third-order valence-corrected chi connectivity index (χ3v) is 2.79. The Kier molecular flexibility index (Phi) is 3.32. The Morgan fingerprint density at radius 1 is 1.19 bits per heavy atom. The molecule has 0 heterocycles. The van der Waals surface area contributed by atoms with Crippen molar-refractivity contribution < 1.29 is 4.79 Å². The molecule has 81 valence electrons. The van der Waals surface area contributed by atoms with E-state index >= 15 is 0 Å². The van der Waals surface area contributed by atoms with E-state index < -0.39 is 0 Å². The van der Waals surface area contributed by atoms with E-state index in [1.807, 2.05) is 24.5 Å². The number of fused-ring (bicyclic) bond motifs is 1. The maximum Gasteiger partial charge on any atom is 0.217 e. The van der Waals surface area contributed by atoms with E-state index in [4.69, 9.17) is 0 Å². The second-order valence-electron chi connectivity index (χ2n) is 3.80. The second kappa shape index (κ2) is 4.90. The van der Waals surface area contributed by atoms with Crippen molar-refractivity contribution >= 4 is 17.1 Å². The summed E-state index contributed by atoms with van der Waals surface area (Å²) in [5.41, 5.74) is 1.18. The molecular formula is C14H14NO. The fourth-order valence-electron chi connectivity index (χ4n) is 1.89. The van der Waals surface area contributed by atoms with Gasteiger partial charge in [-0.3, -0.25) is 4.79 Å². The first-order valence-corrected chi connectivity index (χ1v) is 5.36. The van der Waals surface area contributed by atoms with Gasteiger partial charge < -0.3 is 5.32 Å². The highest BCUT2D eigenvalue weighted by Crippen LogP contribution is 2.19. The molecule has 1 atom stereocenters. The number of benzene rings is 2. The molecule has 2 nitrogen and oxygen atoms in total. The Morgan fingerprint density at radius 2 is 1.94 bits per heavy atom. The predicted octanol–water partition coefficient (Wildman–Crippen LogP) is 2.08. The van der Waals surface area contributed by atoms with E-state index in [9.17, 15) is 4.79 Å². The van der Waals surface area contributed by atoms with Crippen molar-refractivity contribution in [3.05, 3.63) is 48.0 Å². The van der Waals surface area contributed by atoms with E-state index in [1.165, 1.54) is 16.3 Å². The minimum absolute atomic E-state index is 0.231. The van der Waals surface area contributed by atoms with Gasteiger partial charge in [0.25, 0.3) is 0 Å². The zero-order chi connectivity index (χ0) is 11.4. The highest BCUT2D eigenvalue weighted by atomic mass is 16.1. The Hall–Kier alpha value is -1.67. The summed E-state index contributed by atoms with van der Waals surface area (Å²) < 4.78 is 0. The third-order valence-electron chi connectivity index (χ3n) is 2.79. The molecule has 0 bridgehead atoms. The number of nitrogens with one attached hydrogen (secondary N) is 1. The molecule has 0 spiro atoms. The minimum atomic E-state index is -0.231. The van der Waals surface area contributed by atoms with Gasteiger partial charge in [0.1, 0.15) is 0 Å². The molecule has 0 aliphatic rings. The van der Waals surface area contributed by atoms with Crippen LogP contribution in [0.5, 0.6) is 0 Å². The standard InChI is InChI=1S/C14H14NO/c1-15-13(10-16)9-12-7-4-6-11-5-2-3-8-14(11)12/h2-8,13,15H,9H2,1H3/t13-/m0/s1. The lowest BCUT2D eigenvalue weighted by molar-refractivity contribution is 0.526. The summed E-state index contributed by atoms with van der Waals surface area (Å²) in [7, 11) is 1.78. The van der Waals surface area contributed by atoms with E-state index in [0.29, 0.717) is 6.42 Å². The molecule has 0 saturated carbocycles. The lowest BCUT2D eigenvalue weighted by Crippen LogP contribution is -2.28. The monoisotopic (exact) mass is 212 g/mol. The Morgan fingerprint density at radius 3 is 2.69 bits per heavy atom. The van der Waals surface area contributed by atoms with Gasteiger partial charge in [-0.15, -0.1) is 0 Å². The zero-order valence-corrected chi connectivity index (χ0v) is 9.23. The predicted molar refractivity (Wildman–Crippen MR) is 66.2 cm³/mol. The van der Waals surface area contributed by atoms with Crippen molar-refractivity contribution in [2.45, 2.75) is 12.5 Å². The fraction of sp³-hybridized carbons (Fsp3) is 0.214. The SMILES string of the molecule is CN[C@H]([C]=O)Cc1cccc2ccccc12. The zero-order valence-electron chi connectivity index (χ0n) is 9.23. The molecule has 0 aromatic heterocycles. The van der Waals surface area contributed by atoms with Crippen molar-refractivity contribution in [1.29, 1.82) is 0 Å². The average molecular weight is 212 g/mol. The Balaban J connectivity index is 2.40. The van der Waals surface area contributed by atoms with Gasteiger partial charge in [0, 0.05) is 0 Å². The molecule has 0 aliphatic heterocycles. The van der Waals surface area contributed by atoms with Crippen LogP contribution in [-0.4, -0.2) is 19.4 Å². The first kappa shape index (κ1) is 10.8. The van der Waals surface area contributed by atoms with Crippen molar-refractivity contribution in [3.8, 4) is 0 Å². The summed E-state index contributed by atoms with van der Waals surface area (Å²) in [6.45, 7) is 0. The van der Waals surface area contributed by atoms with Gasteiger partial charge >= 0.3 is 0 Å². The number of hydrogen-bond acceptors (Lipinski definition) is 2. The van der Waals surface area contributed by atoms with Gasteiger partial charge in [-0.2, -0.15) is 0 Å². The minimum Gasteiger partial charge on any atom is -0.310 e. The summed E-state index contributed by atoms with van der Waals surface area (Å²) in [5.74, 6) is 0. The van der Waals surface area contributed by atoms with Gasteiger partial charge in [-0.25, -0.2) is 0 Å². The summed E-state index contributed by atoms with van der Waals surface area (Å²) >= 11 is 0. The molecule has 2 heteroatoms. The molecule has 0 aliphatic carbocycles. The molecule has 1 N–H and O–H groups in total. The number of carbonyl (C=O) groups excluding carboxylic acids is 1. The molecule has 0 saturated heterocycles.